The molecule has 3 aromatic heterocycles. The Hall–Kier alpha value is -2.81. The molecule has 1 N–H and O–H groups in total. The van der Waals surface area contributed by atoms with Crippen LogP contribution >= 0.6 is 0 Å². The number of hydrogen-bond acceptors (Lipinski definition) is 6. The zero-order valence-corrected chi connectivity index (χ0v) is 14.1. The summed E-state index contributed by atoms with van der Waals surface area (Å²) in [6.45, 7) is 5.26. The van der Waals surface area contributed by atoms with Gasteiger partial charge in [-0.25, -0.2) is 14.5 Å². The van der Waals surface area contributed by atoms with Crippen LogP contribution in [0.15, 0.2) is 18.5 Å². The fourth-order valence-electron chi connectivity index (χ4n) is 2.88. The van der Waals surface area contributed by atoms with Crippen LogP contribution in [-0.2, 0) is 11.2 Å². The summed E-state index contributed by atoms with van der Waals surface area (Å²) in [6, 6.07) is 1.85. The van der Waals surface area contributed by atoms with Crippen LogP contribution in [0.4, 0.5) is 0 Å². The molecule has 0 aliphatic carbocycles. The fraction of sp³-hybridized carbons (Fsp3) is 0.438. The zero-order chi connectivity index (χ0) is 17.4. The van der Waals surface area contributed by atoms with Gasteiger partial charge in [0, 0.05) is 24.9 Å². The molecule has 0 unspecified atom stereocenters. The van der Waals surface area contributed by atoms with E-state index in [4.69, 9.17) is 4.74 Å². The third-order valence-electron chi connectivity index (χ3n) is 4.26. The Morgan fingerprint density at radius 2 is 2.32 bits per heavy atom. The minimum Gasteiger partial charge on any atom is -0.366 e. The molecule has 1 saturated heterocycles. The molecule has 130 valence electrons. The molecule has 9 nitrogen and oxygen atoms in total. The molecule has 9 heteroatoms. The third-order valence-corrected chi connectivity index (χ3v) is 4.26. The summed E-state index contributed by atoms with van der Waals surface area (Å²) in [5, 5.41) is 11.3. The van der Waals surface area contributed by atoms with E-state index in [1.165, 1.54) is 0 Å². The number of amides is 1. The number of fused-ring (bicyclic) bond motifs is 1. The largest absolute Gasteiger partial charge is 0.366 e. The molecule has 4 rings (SSSR count). The van der Waals surface area contributed by atoms with Crippen LogP contribution in [0.2, 0.25) is 0 Å². The van der Waals surface area contributed by atoms with Crippen molar-refractivity contribution in [1.82, 2.24) is 34.7 Å². The van der Waals surface area contributed by atoms with Crippen molar-refractivity contribution in [1.29, 1.82) is 0 Å². The molecular formula is C16H19N7O2. The second-order valence-electron chi connectivity index (χ2n) is 6.00. The lowest BCUT2D eigenvalue weighted by atomic mass is 10.2. The molecule has 1 aliphatic rings. The number of hydrogen-bond donors (Lipinski definition) is 1. The van der Waals surface area contributed by atoms with Gasteiger partial charge in [-0.2, -0.15) is 10.2 Å². The summed E-state index contributed by atoms with van der Waals surface area (Å²) in [5.41, 5.74) is 1.91. The average molecular weight is 341 g/mol. The van der Waals surface area contributed by atoms with Crippen LogP contribution in [0.3, 0.4) is 0 Å². The summed E-state index contributed by atoms with van der Waals surface area (Å²) in [4.78, 5) is 23.5. The second-order valence-corrected chi connectivity index (χ2v) is 6.00. The van der Waals surface area contributed by atoms with Crippen molar-refractivity contribution < 1.29 is 9.53 Å². The number of aromatic amines is 1. The van der Waals surface area contributed by atoms with E-state index in [1.54, 1.807) is 21.8 Å². The highest BCUT2D eigenvalue weighted by molar-refractivity contribution is 5.99. The Morgan fingerprint density at radius 3 is 3.12 bits per heavy atom. The topological polar surface area (TPSA) is 101 Å². The number of carbonyl (C=O) groups excluding carboxylic acids is 1. The Labute approximate surface area is 144 Å². The first-order valence-corrected chi connectivity index (χ1v) is 8.28. The van der Waals surface area contributed by atoms with Crippen molar-refractivity contribution >= 4 is 11.6 Å². The lowest BCUT2D eigenvalue weighted by Crippen LogP contribution is -2.42. The maximum absolute atomic E-state index is 13.0. The highest BCUT2D eigenvalue weighted by Crippen LogP contribution is 2.21. The average Bonchev–Trinajstić information content (AvgIpc) is 3.28. The number of morpholine rings is 1. The summed E-state index contributed by atoms with van der Waals surface area (Å²) in [5.74, 6) is 1.29. The van der Waals surface area contributed by atoms with E-state index in [-0.39, 0.29) is 12.0 Å². The highest BCUT2D eigenvalue weighted by atomic mass is 16.5. The molecule has 1 atom stereocenters. The number of nitrogens with zero attached hydrogens (tertiary/aromatic N) is 6. The van der Waals surface area contributed by atoms with Gasteiger partial charge in [0.05, 0.1) is 19.3 Å². The van der Waals surface area contributed by atoms with Gasteiger partial charge in [0.15, 0.2) is 11.5 Å². The maximum Gasteiger partial charge on any atom is 0.259 e. The van der Waals surface area contributed by atoms with Crippen LogP contribution in [0, 0.1) is 6.92 Å². The summed E-state index contributed by atoms with van der Waals surface area (Å²) >= 11 is 0. The predicted molar refractivity (Wildman–Crippen MR) is 88.1 cm³/mol. The van der Waals surface area contributed by atoms with E-state index >= 15 is 0 Å². The molecule has 0 aromatic carbocycles. The molecule has 1 amide bonds. The lowest BCUT2D eigenvalue weighted by molar-refractivity contribution is -0.0266. The monoisotopic (exact) mass is 341 g/mol. The van der Waals surface area contributed by atoms with Crippen LogP contribution in [0.25, 0.3) is 5.65 Å². The summed E-state index contributed by atoms with van der Waals surface area (Å²) in [7, 11) is 0. The molecule has 1 aliphatic heterocycles. The number of aryl methyl sites for hydroxylation is 2. The van der Waals surface area contributed by atoms with Crippen LogP contribution in [0.5, 0.6) is 0 Å². The molecule has 3 aromatic rings. The molecular weight excluding hydrogens is 322 g/mol. The van der Waals surface area contributed by atoms with E-state index in [1.807, 2.05) is 19.9 Å². The number of H-pyrrole nitrogens is 1. The third kappa shape index (κ3) is 2.86. The minimum absolute atomic E-state index is 0.104. The van der Waals surface area contributed by atoms with E-state index in [0.29, 0.717) is 36.7 Å². The molecule has 25 heavy (non-hydrogen) atoms. The van der Waals surface area contributed by atoms with Crippen LogP contribution < -0.4 is 0 Å². The van der Waals surface area contributed by atoms with E-state index in [9.17, 15) is 4.79 Å². The van der Waals surface area contributed by atoms with Crippen LogP contribution in [0.1, 0.15) is 40.7 Å². The fourth-order valence-corrected chi connectivity index (χ4v) is 2.88. The zero-order valence-electron chi connectivity index (χ0n) is 14.1. The number of ether oxygens (including phenoxy) is 1. The van der Waals surface area contributed by atoms with Crippen molar-refractivity contribution in [3.63, 3.8) is 0 Å². The first-order valence-electron chi connectivity index (χ1n) is 8.28. The molecule has 0 spiro atoms. The summed E-state index contributed by atoms with van der Waals surface area (Å²) < 4.78 is 7.36. The number of aromatic nitrogens is 6. The molecule has 0 bridgehead atoms. The molecule has 1 fully saturated rings. The first kappa shape index (κ1) is 15.7. The normalized spacial score (nSPS) is 18.0. The minimum atomic E-state index is -0.328. The van der Waals surface area contributed by atoms with Crippen molar-refractivity contribution in [2.24, 2.45) is 0 Å². The number of carbonyl (C=O) groups is 1. The number of nitrogens with one attached hydrogen (secondary N) is 1. The molecule has 0 saturated carbocycles. The van der Waals surface area contributed by atoms with Gasteiger partial charge in [0.2, 0.25) is 0 Å². The summed E-state index contributed by atoms with van der Waals surface area (Å²) in [6.07, 6.45) is 3.81. The highest BCUT2D eigenvalue weighted by Gasteiger charge is 2.30. The van der Waals surface area contributed by atoms with Gasteiger partial charge in [0.1, 0.15) is 17.5 Å². The van der Waals surface area contributed by atoms with Gasteiger partial charge < -0.3 is 9.64 Å². The van der Waals surface area contributed by atoms with E-state index in [2.05, 4.69) is 25.3 Å². The quantitative estimate of drug-likeness (QED) is 0.760. The lowest BCUT2D eigenvalue weighted by Gasteiger charge is -2.31. The Bertz CT molecular complexity index is 916. The standard InChI is InChI=1S/C16H19N7O2/c1-3-13-19-14(21-20-13)12-9-22(6-7-25-12)16(24)11-8-17-23-5-4-10(2)18-15(11)23/h4-5,8,12H,3,6-7,9H2,1-2H3,(H,19,20,21)/t12-/m0/s1. The van der Waals surface area contributed by atoms with Gasteiger partial charge in [-0.1, -0.05) is 6.92 Å². The predicted octanol–water partition coefficient (Wildman–Crippen LogP) is 0.932. The van der Waals surface area contributed by atoms with Crippen molar-refractivity contribution in [2.45, 2.75) is 26.4 Å². The first-order chi connectivity index (χ1) is 12.2. The van der Waals surface area contributed by atoms with E-state index < -0.39 is 0 Å². The van der Waals surface area contributed by atoms with Crippen molar-refractivity contribution in [2.75, 3.05) is 19.7 Å². The van der Waals surface area contributed by atoms with Gasteiger partial charge in [-0.15, -0.1) is 0 Å². The van der Waals surface area contributed by atoms with Crippen LogP contribution in [-0.4, -0.2) is 60.3 Å². The van der Waals surface area contributed by atoms with Gasteiger partial charge in [-0.05, 0) is 13.0 Å². The smallest absolute Gasteiger partial charge is 0.259 e. The van der Waals surface area contributed by atoms with Crippen molar-refractivity contribution in [3.05, 3.63) is 41.4 Å². The Kier molecular flexibility index (Phi) is 3.92. The Balaban J connectivity index is 1.57. The maximum atomic E-state index is 13.0. The molecule has 0 radical (unpaired) electrons. The second kappa shape index (κ2) is 6.25. The van der Waals surface area contributed by atoms with Gasteiger partial charge in [0.25, 0.3) is 5.91 Å². The van der Waals surface area contributed by atoms with Gasteiger partial charge in [-0.3, -0.25) is 9.89 Å². The molecule has 4 heterocycles. The Morgan fingerprint density at radius 1 is 1.44 bits per heavy atom. The van der Waals surface area contributed by atoms with E-state index in [0.717, 1.165) is 17.9 Å². The number of rotatable bonds is 3. The SMILES string of the molecule is CCc1nc([C@@H]2CN(C(=O)c3cnn4ccc(C)nc34)CCO2)n[nH]1. The van der Waals surface area contributed by atoms with Crippen molar-refractivity contribution in [3.8, 4) is 0 Å². The van der Waals surface area contributed by atoms with Gasteiger partial charge >= 0.3 is 0 Å².